The van der Waals surface area contributed by atoms with Gasteiger partial charge in [0.25, 0.3) is 0 Å². The Morgan fingerprint density at radius 2 is 1.55 bits per heavy atom. The maximum absolute atomic E-state index is 11.2. The summed E-state index contributed by atoms with van der Waals surface area (Å²) >= 11 is 5.55. The number of halogens is 1. The van der Waals surface area contributed by atoms with Crippen LogP contribution in [0.1, 0.15) is 12.8 Å². The van der Waals surface area contributed by atoms with E-state index >= 15 is 0 Å². The van der Waals surface area contributed by atoms with Gasteiger partial charge in [-0.15, -0.1) is 0 Å². The molecule has 0 atom stereocenters. The van der Waals surface area contributed by atoms with E-state index in [9.17, 15) is 4.57 Å². The second kappa shape index (κ2) is 5.19. The molecule has 0 rings (SSSR count). The molecule has 0 radical (unpaired) electrons. The first-order valence-corrected chi connectivity index (χ1v) is 6.12. The molecule has 0 bridgehead atoms. The average Bonchev–Trinajstić information content (AvgIpc) is 1.97. The minimum Gasteiger partial charge on any atom is -0.307 e. The Morgan fingerprint density at radius 1 is 1.18 bits per heavy atom. The van der Waals surface area contributed by atoms with Crippen molar-refractivity contribution in [3.8, 4) is 12.1 Å². The Labute approximate surface area is 70.7 Å². The summed E-state index contributed by atoms with van der Waals surface area (Å²) in [7, 11) is 0. The molecule has 0 aromatic carbocycles. The molecule has 0 saturated carbocycles. The normalized spacial score (nSPS) is 10.1. The van der Waals surface area contributed by atoms with Crippen LogP contribution in [-0.2, 0) is 4.57 Å². The van der Waals surface area contributed by atoms with Gasteiger partial charge in [-0.05, 0) is 0 Å². The number of hydrogen-bond acceptors (Lipinski definition) is 3. The molecule has 0 N–H and O–H groups in total. The van der Waals surface area contributed by atoms with Crippen LogP contribution in [0, 0.1) is 22.7 Å². The molecule has 3 nitrogen and oxygen atoms in total. The molecule has 0 spiro atoms. The number of hydrogen-bond donors (Lipinski definition) is 0. The van der Waals surface area contributed by atoms with Crippen LogP contribution in [0.2, 0.25) is 0 Å². The molecule has 0 fully saturated rings. The molecule has 0 aromatic rings. The van der Waals surface area contributed by atoms with Gasteiger partial charge in [0, 0.05) is 25.2 Å². The van der Waals surface area contributed by atoms with E-state index in [0.717, 1.165) is 0 Å². The van der Waals surface area contributed by atoms with Crippen LogP contribution in [0.4, 0.5) is 0 Å². The summed E-state index contributed by atoms with van der Waals surface area (Å²) in [6.45, 7) is -2.70. The molecule has 0 amide bonds. The molecule has 0 aromatic heterocycles. The predicted molar refractivity (Wildman–Crippen MR) is 43.7 cm³/mol. The van der Waals surface area contributed by atoms with Crippen LogP contribution in [0.25, 0.3) is 0 Å². The van der Waals surface area contributed by atoms with E-state index in [2.05, 4.69) is 0 Å². The van der Waals surface area contributed by atoms with E-state index in [4.69, 9.17) is 21.8 Å². The zero-order chi connectivity index (χ0) is 8.74. The minimum atomic E-state index is -2.70. The Kier molecular flexibility index (Phi) is 4.95. The van der Waals surface area contributed by atoms with Crippen LogP contribution in [0.3, 0.4) is 0 Å². The largest absolute Gasteiger partial charge is 0.307 e. The number of rotatable bonds is 4. The van der Waals surface area contributed by atoms with Gasteiger partial charge in [-0.2, -0.15) is 10.5 Å². The summed E-state index contributed by atoms with van der Waals surface area (Å²) in [5, 5.41) is 16.3. The second-order valence-electron chi connectivity index (χ2n) is 2.05. The lowest BCUT2D eigenvalue weighted by Gasteiger charge is -2.03. The Balaban J connectivity index is 3.75. The topological polar surface area (TPSA) is 64.7 Å². The van der Waals surface area contributed by atoms with E-state index in [0.29, 0.717) is 0 Å². The van der Waals surface area contributed by atoms with Crippen LogP contribution in [0.15, 0.2) is 0 Å². The standard InChI is InChI=1S/C6H8ClN2OP/c7-11(10,5-1-3-8)6-2-4-9/h1-2,5-6H2. The molecule has 0 aliphatic rings. The predicted octanol–water partition coefficient (Wildman–Crippen LogP) is 2.33. The van der Waals surface area contributed by atoms with Crippen molar-refractivity contribution in [2.75, 3.05) is 12.3 Å². The van der Waals surface area contributed by atoms with Crippen LogP contribution in [0.5, 0.6) is 0 Å². The maximum atomic E-state index is 11.2. The lowest BCUT2D eigenvalue weighted by molar-refractivity contribution is 0.584. The summed E-state index contributed by atoms with van der Waals surface area (Å²) in [6.07, 6.45) is 0.831. The maximum Gasteiger partial charge on any atom is 0.171 e. The van der Waals surface area contributed by atoms with Crippen LogP contribution >= 0.6 is 17.7 Å². The molecule has 0 aliphatic carbocycles. The van der Waals surface area contributed by atoms with E-state index in [1.165, 1.54) is 0 Å². The summed E-state index contributed by atoms with van der Waals surface area (Å²) in [4.78, 5) is 0. The van der Waals surface area contributed by atoms with E-state index < -0.39 is 6.49 Å². The Morgan fingerprint density at radius 3 is 1.82 bits per heavy atom. The lowest BCUT2D eigenvalue weighted by atomic mass is 10.5. The molecular weight excluding hydrogens is 183 g/mol. The van der Waals surface area contributed by atoms with Crippen molar-refractivity contribution >= 4 is 17.7 Å². The molecule has 0 unspecified atom stereocenters. The second-order valence-corrected chi connectivity index (χ2v) is 6.38. The van der Waals surface area contributed by atoms with E-state index in [1.807, 2.05) is 12.1 Å². The highest BCUT2D eigenvalue weighted by molar-refractivity contribution is 7.89. The van der Waals surface area contributed by atoms with E-state index in [-0.39, 0.29) is 25.2 Å². The fourth-order valence-corrected chi connectivity index (χ4v) is 2.14. The molecule has 11 heavy (non-hydrogen) atoms. The quantitative estimate of drug-likeness (QED) is 0.639. The fourth-order valence-electron chi connectivity index (χ4n) is 0.546. The highest BCUT2D eigenvalue weighted by Gasteiger charge is 2.16. The first kappa shape index (κ1) is 10.5. The third-order valence-electron chi connectivity index (χ3n) is 1.12. The first-order chi connectivity index (χ1) is 5.12. The molecule has 0 heterocycles. The van der Waals surface area contributed by atoms with Gasteiger partial charge < -0.3 is 4.57 Å². The average molecular weight is 191 g/mol. The highest BCUT2D eigenvalue weighted by atomic mass is 35.7. The Bertz CT molecular complexity index is 218. The van der Waals surface area contributed by atoms with Gasteiger partial charge in [0.1, 0.15) is 0 Å². The number of nitriles is 2. The summed E-state index contributed by atoms with van der Waals surface area (Å²) < 4.78 is 11.2. The van der Waals surface area contributed by atoms with Crippen molar-refractivity contribution in [2.24, 2.45) is 0 Å². The van der Waals surface area contributed by atoms with Crippen molar-refractivity contribution in [3.63, 3.8) is 0 Å². The summed E-state index contributed by atoms with van der Waals surface area (Å²) in [5.74, 6) is 0. The lowest BCUT2D eigenvalue weighted by Crippen LogP contribution is -1.87. The van der Waals surface area contributed by atoms with E-state index in [1.54, 1.807) is 0 Å². The van der Waals surface area contributed by atoms with Gasteiger partial charge in [-0.25, -0.2) is 0 Å². The smallest absolute Gasteiger partial charge is 0.171 e. The molecule has 60 valence electrons. The van der Waals surface area contributed by atoms with Crippen molar-refractivity contribution in [1.82, 2.24) is 0 Å². The van der Waals surface area contributed by atoms with Gasteiger partial charge in [-0.1, -0.05) is 11.2 Å². The zero-order valence-corrected chi connectivity index (χ0v) is 7.61. The van der Waals surface area contributed by atoms with Crippen molar-refractivity contribution in [2.45, 2.75) is 12.8 Å². The fraction of sp³-hybridized carbons (Fsp3) is 0.667. The van der Waals surface area contributed by atoms with Gasteiger partial charge in [0.15, 0.2) is 6.49 Å². The van der Waals surface area contributed by atoms with Gasteiger partial charge in [-0.3, -0.25) is 0 Å². The van der Waals surface area contributed by atoms with Crippen molar-refractivity contribution < 1.29 is 4.57 Å². The summed E-state index contributed by atoms with van der Waals surface area (Å²) in [6, 6.07) is 3.72. The summed E-state index contributed by atoms with van der Waals surface area (Å²) in [5.41, 5.74) is 0. The SMILES string of the molecule is N#CCCP(=O)(Cl)CCC#N. The molecule has 0 saturated heterocycles. The van der Waals surface area contributed by atoms with Gasteiger partial charge in [0.2, 0.25) is 0 Å². The van der Waals surface area contributed by atoms with Crippen molar-refractivity contribution in [1.29, 1.82) is 10.5 Å². The zero-order valence-electron chi connectivity index (χ0n) is 5.96. The van der Waals surface area contributed by atoms with Crippen LogP contribution in [-0.4, -0.2) is 12.3 Å². The monoisotopic (exact) mass is 190 g/mol. The highest BCUT2D eigenvalue weighted by Crippen LogP contribution is 2.51. The third-order valence-corrected chi connectivity index (χ3v) is 3.91. The first-order valence-electron chi connectivity index (χ1n) is 3.14. The van der Waals surface area contributed by atoms with Crippen LogP contribution < -0.4 is 0 Å². The molecular formula is C6H8ClN2OP. The number of nitrogens with zero attached hydrogens (tertiary/aromatic N) is 2. The van der Waals surface area contributed by atoms with Gasteiger partial charge in [0.05, 0.1) is 12.1 Å². The minimum absolute atomic E-state index is 0.201. The van der Waals surface area contributed by atoms with Crippen molar-refractivity contribution in [3.05, 3.63) is 0 Å². The molecule has 0 aliphatic heterocycles. The van der Waals surface area contributed by atoms with Gasteiger partial charge >= 0.3 is 0 Å². The third kappa shape index (κ3) is 5.92. The molecule has 5 heteroatoms. The Hall–Kier alpha value is -0.500.